The number of hydrogen-bond donors (Lipinski definition) is 1. The molecule has 0 aliphatic rings. The predicted octanol–water partition coefficient (Wildman–Crippen LogP) is 1.85. The first-order valence-electron chi connectivity index (χ1n) is 8.43. The Morgan fingerprint density at radius 1 is 1.28 bits per heavy atom. The molecule has 2 aromatic heterocycles. The van der Waals surface area contributed by atoms with E-state index in [1.54, 1.807) is 11.1 Å². The molecule has 0 spiro atoms. The van der Waals surface area contributed by atoms with E-state index in [4.69, 9.17) is 5.11 Å². The van der Waals surface area contributed by atoms with Gasteiger partial charge in [-0.2, -0.15) is 10.2 Å². The molecular weight excluding hydrogens is 322 g/mol. The normalized spacial score (nSPS) is 10.9. The highest BCUT2D eigenvalue weighted by atomic mass is 16.4. The molecule has 2 rings (SSSR count). The average molecular weight is 347 g/mol. The van der Waals surface area contributed by atoms with E-state index in [1.807, 2.05) is 32.4 Å². The number of rotatable bonds is 8. The largest absolute Gasteiger partial charge is 0.481 e. The van der Waals surface area contributed by atoms with Crippen LogP contribution >= 0.6 is 0 Å². The Balaban J connectivity index is 2.14. The van der Waals surface area contributed by atoms with Crippen LogP contribution in [0.5, 0.6) is 0 Å². The zero-order valence-corrected chi connectivity index (χ0v) is 15.2. The van der Waals surface area contributed by atoms with E-state index < -0.39 is 5.97 Å². The fourth-order valence-electron chi connectivity index (χ4n) is 2.78. The molecule has 0 atom stereocenters. The van der Waals surface area contributed by atoms with Gasteiger partial charge in [0.15, 0.2) is 0 Å². The Hall–Kier alpha value is -2.64. The summed E-state index contributed by atoms with van der Waals surface area (Å²) in [4.78, 5) is 25.1. The van der Waals surface area contributed by atoms with E-state index in [0.717, 1.165) is 23.5 Å². The number of amides is 1. The second-order valence-corrected chi connectivity index (χ2v) is 5.92. The molecule has 0 saturated heterocycles. The number of aryl methyl sites for hydroxylation is 3. The topological polar surface area (TPSA) is 93.3 Å². The minimum atomic E-state index is -0.891. The Morgan fingerprint density at radius 3 is 2.56 bits per heavy atom. The number of aliphatic carboxylic acids is 1. The van der Waals surface area contributed by atoms with Gasteiger partial charge in [0.2, 0.25) is 0 Å². The van der Waals surface area contributed by atoms with Crippen molar-refractivity contribution in [3.8, 4) is 0 Å². The molecule has 0 radical (unpaired) electrons. The Kier molecular flexibility index (Phi) is 5.95. The molecule has 2 heterocycles. The SMILES string of the molecule is CCN(Cc1c(C)nn(CC)c1C)C(=O)c1cnn(CCC(=O)O)c1. The molecule has 0 unspecified atom stereocenters. The Bertz CT molecular complexity index is 762. The molecule has 8 nitrogen and oxygen atoms in total. The van der Waals surface area contributed by atoms with Gasteiger partial charge in [0.05, 0.1) is 30.4 Å². The summed E-state index contributed by atoms with van der Waals surface area (Å²) >= 11 is 0. The molecule has 2 aromatic rings. The quantitative estimate of drug-likeness (QED) is 0.786. The zero-order valence-electron chi connectivity index (χ0n) is 15.2. The number of aromatic nitrogens is 4. The van der Waals surface area contributed by atoms with Crippen molar-refractivity contribution in [1.29, 1.82) is 0 Å². The van der Waals surface area contributed by atoms with E-state index in [1.165, 1.54) is 10.9 Å². The summed E-state index contributed by atoms with van der Waals surface area (Å²) in [5.41, 5.74) is 3.53. The summed E-state index contributed by atoms with van der Waals surface area (Å²) in [6, 6.07) is 0. The summed E-state index contributed by atoms with van der Waals surface area (Å²) < 4.78 is 3.42. The van der Waals surface area contributed by atoms with Gasteiger partial charge < -0.3 is 10.0 Å². The maximum absolute atomic E-state index is 12.8. The van der Waals surface area contributed by atoms with Gasteiger partial charge in [-0.3, -0.25) is 19.0 Å². The van der Waals surface area contributed by atoms with Crippen LogP contribution in [0.15, 0.2) is 12.4 Å². The van der Waals surface area contributed by atoms with Crippen molar-refractivity contribution in [2.45, 2.75) is 53.8 Å². The maximum atomic E-state index is 12.8. The van der Waals surface area contributed by atoms with Gasteiger partial charge in [0.1, 0.15) is 0 Å². The molecule has 0 aliphatic carbocycles. The van der Waals surface area contributed by atoms with Crippen LogP contribution in [0.25, 0.3) is 0 Å². The van der Waals surface area contributed by atoms with E-state index in [2.05, 4.69) is 10.2 Å². The lowest BCUT2D eigenvalue weighted by atomic mass is 10.1. The fraction of sp³-hybridized carbons (Fsp3) is 0.529. The summed E-state index contributed by atoms with van der Waals surface area (Å²) in [6.07, 6.45) is 3.06. The van der Waals surface area contributed by atoms with Crippen LogP contribution in [0.4, 0.5) is 0 Å². The van der Waals surface area contributed by atoms with Crippen molar-refractivity contribution in [2.24, 2.45) is 0 Å². The summed E-state index contributed by atoms with van der Waals surface area (Å²) in [6.45, 7) is 10.0. The Labute approximate surface area is 147 Å². The van der Waals surface area contributed by atoms with E-state index >= 15 is 0 Å². The van der Waals surface area contributed by atoms with Crippen molar-refractivity contribution < 1.29 is 14.7 Å². The lowest BCUT2D eigenvalue weighted by molar-refractivity contribution is -0.137. The van der Waals surface area contributed by atoms with Crippen molar-refractivity contribution >= 4 is 11.9 Å². The first-order chi connectivity index (χ1) is 11.9. The second kappa shape index (κ2) is 7.96. The molecule has 8 heteroatoms. The van der Waals surface area contributed by atoms with Crippen molar-refractivity contribution in [1.82, 2.24) is 24.5 Å². The molecule has 136 valence electrons. The minimum Gasteiger partial charge on any atom is -0.481 e. The lowest BCUT2D eigenvalue weighted by Gasteiger charge is -2.20. The van der Waals surface area contributed by atoms with Crippen LogP contribution in [0.2, 0.25) is 0 Å². The molecule has 1 N–H and O–H groups in total. The maximum Gasteiger partial charge on any atom is 0.305 e. The highest BCUT2D eigenvalue weighted by Gasteiger charge is 2.20. The smallest absolute Gasteiger partial charge is 0.305 e. The fourth-order valence-corrected chi connectivity index (χ4v) is 2.78. The number of carboxylic acids is 1. The number of hydrogen-bond acceptors (Lipinski definition) is 4. The third-order valence-electron chi connectivity index (χ3n) is 4.28. The van der Waals surface area contributed by atoms with E-state index in [-0.39, 0.29) is 18.9 Å². The van der Waals surface area contributed by atoms with Crippen LogP contribution in [0.1, 0.15) is 47.6 Å². The zero-order chi connectivity index (χ0) is 18.6. The average Bonchev–Trinajstić information content (AvgIpc) is 3.16. The van der Waals surface area contributed by atoms with E-state index in [0.29, 0.717) is 18.7 Å². The van der Waals surface area contributed by atoms with Gasteiger partial charge in [0.25, 0.3) is 5.91 Å². The van der Waals surface area contributed by atoms with Crippen molar-refractivity contribution in [3.05, 3.63) is 34.9 Å². The van der Waals surface area contributed by atoms with Gasteiger partial charge in [-0.05, 0) is 27.7 Å². The minimum absolute atomic E-state index is 0.0264. The monoisotopic (exact) mass is 347 g/mol. The first kappa shape index (κ1) is 18.7. The molecule has 0 fully saturated rings. The molecule has 0 aliphatic heterocycles. The van der Waals surface area contributed by atoms with Crippen LogP contribution < -0.4 is 0 Å². The van der Waals surface area contributed by atoms with Gasteiger partial charge in [-0.1, -0.05) is 0 Å². The van der Waals surface area contributed by atoms with Gasteiger partial charge in [-0.25, -0.2) is 0 Å². The summed E-state index contributed by atoms with van der Waals surface area (Å²) in [7, 11) is 0. The third-order valence-corrected chi connectivity index (χ3v) is 4.28. The molecule has 1 amide bonds. The van der Waals surface area contributed by atoms with Crippen molar-refractivity contribution in [2.75, 3.05) is 6.54 Å². The molecule has 0 aromatic carbocycles. The number of carbonyl (C=O) groups excluding carboxylic acids is 1. The predicted molar refractivity (Wildman–Crippen MR) is 92.3 cm³/mol. The van der Waals surface area contributed by atoms with Crippen LogP contribution in [0, 0.1) is 13.8 Å². The molecule has 0 bridgehead atoms. The highest BCUT2D eigenvalue weighted by molar-refractivity contribution is 5.93. The Morgan fingerprint density at radius 2 is 2.00 bits per heavy atom. The first-order valence-corrected chi connectivity index (χ1v) is 8.43. The van der Waals surface area contributed by atoms with Gasteiger partial charge >= 0.3 is 5.97 Å². The third kappa shape index (κ3) is 4.26. The van der Waals surface area contributed by atoms with Crippen molar-refractivity contribution in [3.63, 3.8) is 0 Å². The highest BCUT2D eigenvalue weighted by Crippen LogP contribution is 2.17. The second-order valence-electron chi connectivity index (χ2n) is 5.92. The van der Waals surface area contributed by atoms with Gasteiger partial charge in [-0.15, -0.1) is 0 Å². The standard InChI is InChI=1S/C17H25N5O3/c1-5-20(11-15-12(3)19-22(6-2)13(15)4)17(25)14-9-18-21(10-14)8-7-16(23)24/h9-10H,5-8,11H2,1-4H3,(H,23,24). The van der Waals surface area contributed by atoms with Crippen LogP contribution in [-0.4, -0.2) is 48.0 Å². The van der Waals surface area contributed by atoms with E-state index in [9.17, 15) is 9.59 Å². The number of carbonyl (C=O) groups is 2. The summed E-state index contributed by atoms with van der Waals surface area (Å²) in [5.74, 6) is -1.01. The molecule has 25 heavy (non-hydrogen) atoms. The summed E-state index contributed by atoms with van der Waals surface area (Å²) in [5, 5.41) is 17.3. The van der Waals surface area contributed by atoms with Crippen LogP contribution in [-0.2, 0) is 24.4 Å². The number of nitrogens with zero attached hydrogens (tertiary/aromatic N) is 5. The molecule has 0 saturated carbocycles. The van der Waals surface area contributed by atoms with Gasteiger partial charge in [0, 0.05) is 37.1 Å². The number of carboxylic acid groups (broad SMARTS) is 1. The molecular formula is C17H25N5O3. The van der Waals surface area contributed by atoms with Crippen LogP contribution in [0.3, 0.4) is 0 Å². The lowest BCUT2D eigenvalue weighted by Crippen LogP contribution is -2.30.